The highest BCUT2D eigenvalue weighted by Gasteiger charge is 2.53. The Morgan fingerprint density at radius 1 is 1.22 bits per heavy atom. The molecule has 4 rings (SSSR count). The van der Waals surface area contributed by atoms with Gasteiger partial charge in [0, 0.05) is 19.1 Å². The lowest BCUT2D eigenvalue weighted by Crippen LogP contribution is -2.42. The number of hydrogen-bond donors (Lipinski definition) is 2. The molecule has 1 amide bonds. The zero-order chi connectivity index (χ0) is 22.6. The van der Waals surface area contributed by atoms with Gasteiger partial charge in [0.05, 0.1) is 25.5 Å². The fraction of sp³-hybridized carbons (Fsp3) is 0.680. The third-order valence-corrected chi connectivity index (χ3v) is 7.82. The van der Waals surface area contributed by atoms with Crippen LogP contribution in [0.4, 0.5) is 0 Å². The lowest BCUT2D eigenvalue weighted by molar-refractivity contribution is -0.125. The number of amides is 1. The van der Waals surface area contributed by atoms with Gasteiger partial charge in [-0.25, -0.2) is 0 Å². The van der Waals surface area contributed by atoms with Crippen molar-refractivity contribution in [3.8, 4) is 5.75 Å². The molecule has 7 nitrogen and oxygen atoms in total. The number of nitrogens with zero attached hydrogens (tertiary/aromatic N) is 1. The first-order chi connectivity index (χ1) is 15.5. The number of rotatable bonds is 9. The van der Waals surface area contributed by atoms with E-state index in [-0.39, 0.29) is 17.9 Å². The van der Waals surface area contributed by atoms with Crippen LogP contribution in [0.3, 0.4) is 0 Å². The normalized spacial score (nSPS) is 29.8. The third-order valence-electron chi connectivity index (χ3n) is 7.82. The van der Waals surface area contributed by atoms with Gasteiger partial charge in [-0.3, -0.25) is 4.79 Å². The number of aromatic hydroxyl groups is 1. The fourth-order valence-corrected chi connectivity index (χ4v) is 6.23. The van der Waals surface area contributed by atoms with Crippen LogP contribution in [0.5, 0.6) is 5.75 Å². The van der Waals surface area contributed by atoms with Crippen molar-refractivity contribution in [3.05, 3.63) is 29.3 Å². The smallest absolute Gasteiger partial charge is 0.260 e. The largest absolute Gasteiger partial charge is 0.508 e. The number of carbonyl (C=O) groups excluding carboxylic acids is 1. The third kappa shape index (κ3) is 4.79. The maximum absolute atomic E-state index is 12.0. The van der Waals surface area contributed by atoms with Crippen LogP contribution in [0.15, 0.2) is 23.4 Å². The van der Waals surface area contributed by atoms with Gasteiger partial charge in [0.25, 0.3) is 5.91 Å². The van der Waals surface area contributed by atoms with Gasteiger partial charge in [-0.1, -0.05) is 18.1 Å². The zero-order valence-corrected chi connectivity index (χ0v) is 19.3. The molecule has 3 aliphatic carbocycles. The van der Waals surface area contributed by atoms with Crippen LogP contribution in [0.1, 0.15) is 56.1 Å². The summed E-state index contributed by atoms with van der Waals surface area (Å²) in [6.45, 7) is 4.25. The van der Waals surface area contributed by atoms with E-state index >= 15 is 0 Å². The van der Waals surface area contributed by atoms with Gasteiger partial charge in [-0.05, 0) is 79.5 Å². The van der Waals surface area contributed by atoms with Gasteiger partial charge in [0.2, 0.25) is 0 Å². The number of aryl methyl sites for hydroxylation is 1. The Bertz CT molecular complexity index is 842. The molecule has 0 aromatic heterocycles. The van der Waals surface area contributed by atoms with E-state index in [1.54, 1.807) is 7.11 Å². The number of oxime groups is 1. The molecule has 2 saturated carbocycles. The molecule has 1 aromatic carbocycles. The maximum atomic E-state index is 12.0. The van der Waals surface area contributed by atoms with Gasteiger partial charge in [-0.15, -0.1) is 0 Å². The maximum Gasteiger partial charge on any atom is 0.260 e. The van der Waals surface area contributed by atoms with Crippen LogP contribution < -0.4 is 5.32 Å². The van der Waals surface area contributed by atoms with Crippen LogP contribution in [0.25, 0.3) is 0 Å². The van der Waals surface area contributed by atoms with E-state index in [4.69, 9.17) is 14.3 Å². The molecule has 0 heterocycles. The summed E-state index contributed by atoms with van der Waals surface area (Å²) in [5.41, 5.74) is 3.93. The lowest BCUT2D eigenvalue weighted by atomic mass is 9.55. The highest BCUT2D eigenvalue weighted by atomic mass is 16.6. The number of carbonyl (C=O) groups is 1. The Morgan fingerprint density at radius 3 is 2.94 bits per heavy atom. The first-order valence-electron chi connectivity index (χ1n) is 11.9. The van der Waals surface area contributed by atoms with Crippen molar-refractivity contribution >= 4 is 11.6 Å². The van der Waals surface area contributed by atoms with Crippen molar-refractivity contribution in [2.45, 2.75) is 51.4 Å². The van der Waals surface area contributed by atoms with Gasteiger partial charge in [-0.2, -0.15) is 0 Å². The molecule has 1 aromatic rings. The number of hydrogen-bond acceptors (Lipinski definition) is 6. The van der Waals surface area contributed by atoms with E-state index in [0.717, 1.165) is 37.8 Å². The quantitative estimate of drug-likeness (QED) is 0.450. The minimum atomic E-state index is -0.180. The molecule has 0 spiro atoms. The topological polar surface area (TPSA) is 89.4 Å². The number of methoxy groups -OCH3 is 1. The van der Waals surface area contributed by atoms with E-state index in [1.807, 2.05) is 12.1 Å². The molecule has 0 aliphatic heterocycles. The van der Waals surface area contributed by atoms with Gasteiger partial charge < -0.3 is 24.7 Å². The van der Waals surface area contributed by atoms with Gasteiger partial charge in [0.1, 0.15) is 5.75 Å². The standard InChI is InChI=1S/C25H36N2O5/c1-25-10-9-20-19-6-4-18(28)15-17(19)3-5-21(20)22(25)7-8-23(25)27-32-16-24(29)26-11-12-31-14-13-30-2/h4,6,15,20-22,28H,3,5,7-14,16H2,1-2H3,(H,26,29)/b27-23+/t20?,21?,22?,25-/m0/s1. The van der Waals surface area contributed by atoms with Crippen molar-refractivity contribution in [1.82, 2.24) is 5.32 Å². The Labute approximate surface area is 190 Å². The molecule has 0 radical (unpaired) electrons. The first-order valence-corrected chi connectivity index (χ1v) is 11.9. The molecule has 4 atom stereocenters. The predicted molar refractivity (Wildman–Crippen MR) is 122 cm³/mol. The van der Waals surface area contributed by atoms with Crippen molar-refractivity contribution < 1.29 is 24.2 Å². The van der Waals surface area contributed by atoms with Crippen molar-refractivity contribution in [1.29, 1.82) is 0 Å². The average molecular weight is 445 g/mol. The number of ether oxygens (including phenoxy) is 2. The number of phenolic OH excluding ortho intramolecular Hbond substituents is 1. The fourth-order valence-electron chi connectivity index (χ4n) is 6.23. The second-order valence-electron chi connectivity index (χ2n) is 9.56. The molecule has 7 heteroatoms. The van der Waals surface area contributed by atoms with Crippen molar-refractivity contribution in [2.24, 2.45) is 22.4 Å². The summed E-state index contributed by atoms with van der Waals surface area (Å²) in [7, 11) is 1.63. The van der Waals surface area contributed by atoms with Crippen LogP contribution in [-0.2, 0) is 25.5 Å². The zero-order valence-electron chi connectivity index (χ0n) is 19.3. The summed E-state index contributed by atoms with van der Waals surface area (Å²) in [5.74, 6) is 2.02. The summed E-state index contributed by atoms with van der Waals surface area (Å²) in [6.07, 6.45) is 6.52. The molecule has 2 fully saturated rings. The van der Waals surface area contributed by atoms with E-state index in [1.165, 1.54) is 17.5 Å². The van der Waals surface area contributed by atoms with Crippen LogP contribution in [0, 0.1) is 17.3 Å². The number of benzene rings is 1. The van der Waals surface area contributed by atoms with E-state index in [0.29, 0.717) is 49.9 Å². The predicted octanol–water partition coefficient (Wildman–Crippen LogP) is 3.40. The summed E-state index contributed by atoms with van der Waals surface area (Å²) in [5, 5.41) is 17.1. The molecule has 32 heavy (non-hydrogen) atoms. The summed E-state index contributed by atoms with van der Waals surface area (Å²) in [6, 6.07) is 5.92. The Balaban J connectivity index is 1.30. The van der Waals surface area contributed by atoms with Crippen LogP contribution >= 0.6 is 0 Å². The van der Waals surface area contributed by atoms with E-state index < -0.39 is 0 Å². The van der Waals surface area contributed by atoms with Crippen LogP contribution in [0.2, 0.25) is 0 Å². The molecule has 3 aliphatic rings. The van der Waals surface area contributed by atoms with Crippen LogP contribution in [-0.4, -0.2) is 56.8 Å². The minimum absolute atomic E-state index is 0.0568. The van der Waals surface area contributed by atoms with Crippen molar-refractivity contribution in [3.63, 3.8) is 0 Å². The van der Waals surface area contributed by atoms with E-state index in [9.17, 15) is 9.90 Å². The summed E-state index contributed by atoms with van der Waals surface area (Å²) < 4.78 is 10.2. The molecule has 176 valence electrons. The average Bonchev–Trinajstić information content (AvgIpc) is 3.12. The Kier molecular flexibility index (Phi) is 7.36. The first kappa shape index (κ1) is 23.1. The molecule has 0 bridgehead atoms. The molecular weight excluding hydrogens is 408 g/mol. The number of nitrogens with one attached hydrogen (secondary N) is 1. The van der Waals surface area contributed by atoms with Gasteiger partial charge in [0.15, 0.2) is 6.61 Å². The monoisotopic (exact) mass is 444 g/mol. The van der Waals surface area contributed by atoms with E-state index in [2.05, 4.69) is 23.5 Å². The second kappa shape index (κ2) is 10.2. The second-order valence-corrected chi connectivity index (χ2v) is 9.56. The summed E-state index contributed by atoms with van der Waals surface area (Å²) >= 11 is 0. The molecule has 0 saturated heterocycles. The molecular formula is C25H36N2O5. The SMILES string of the molecule is COCCOCCNC(=O)CO/N=C1\CCC2C3CCc4cc(O)ccc4C3CC[C@]12C. The Morgan fingerprint density at radius 2 is 2.09 bits per heavy atom. The lowest BCUT2D eigenvalue weighted by Gasteiger charge is -2.49. The Hall–Kier alpha value is -2.12. The highest BCUT2D eigenvalue weighted by Crippen LogP contribution is 2.60. The minimum Gasteiger partial charge on any atom is -0.508 e. The van der Waals surface area contributed by atoms with Gasteiger partial charge >= 0.3 is 0 Å². The number of phenols is 1. The van der Waals surface area contributed by atoms with Crippen molar-refractivity contribution in [2.75, 3.05) is 40.1 Å². The molecule has 3 unspecified atom stereocenters. The number of fused-ring (bicyclic) bond motifs is 5. The highest BCUT2D eigenvalue weighted by molar-refractivity contribution is 5.92. The summed E-state index contributed by atoms with van der Waals surface area (Å²) in [4.78, 5) is 17.5. The molecule has 2 N–H and O–H groups in total.